The third kappa shape index (κ3) is 4.24. The number of benzene rings is 2. The van der Waals surface area contributed by atoms with Crippen LogP contribution in [0.5, 0.6) is 0 Å². The second-order valence-electron chi connectivity index (χ2n) is 9.89. The van der Waals surface area contributed by atoms with Crippen molar-refractivity contribution in [3.05, 3.63) is 77.1 Å². The fraction of sp³-hybridized carbons (Fsp3) is 0.310. The number of carbonyl (C=O) groups is 1. The summed E-state index contributed by atoms with van der Waals surface area (Å²) in [6.07, 6.45) is 3.09. The number of hydrogen-bond donors (Lipinski definition) is 0. The maximum atomic E-state index is 15.5. The molecule has 1 atom stereocenters. The van der Waals surface area contributed by atoms with Gasteiger partial charge < -0.3 is 14.0 Å². The van der Waals surface area contributed by atoms with Gasteiger partial charge in [0.1, 0.15) is 11.6 Å². The topological polar surface area (TPSA) is 84.1 Å². The Morgan fingerprint density at radius 3 is 2.62 bits per heavy atom. The van der Waals surface area contributed by atoms with Crippen molar-refractivity contribution in [2.45, 2.75) is 25.8 Å². The minimum absolute atomic E-state index is 0.0561. The molecule has 5 aromatic rings. The van der Waals surface area contributed by atoms with Crippen LogP contribution in [0.15, 0.2) is 48.7 Å². The SMILES string of the molecule is COC(=O)c1ccc2c3ncc(-c4c(C)nnn4C)cc3n(C(c3cc(F)ccc3F)C3CCOCC3)c2c1. The van der Waals surface area contributed by atoms with Gasteiger partial charge in [-0.2, -0.15) is 0 Å². The van der Waals surface area contributed by atoms with Crippen LogP contribution in [0.4, 0.5) is 8.78 Å². The molecule has 4 heterocycles. The molecular weight excluding hydrogens is 504 g/mol. The number of methoxy groups -OCH3 is 1. The van der Waals surface area contributed by atoms with E-state index in [1.807, 2.05) is 30.7 Å². The Labute approximate surface area is 223 Å². The van der Waals surface area contributed by atoms with Crippen molar-refractivity contribution in [3.63, 3.8) is 0 Å². The molecule has 8 nitrogen and oxygen atoms in total. The third-order valence-corrected chi connectivity index (χ3v) is 7.60. The van der Waals surface area contributed by atoms with Crippen molar-refractivity contribution in [1.29, 1.82) is 0 Å². The van der Waals surface area contributed by atoms with E-state index in [1.54, 1.807) is 23.0 Å². The van der Waals surface area contributed by atoms with Crippen molar-refractivity contribution in [3.8, 4) is 11.3 Å². The van der Waals surface area contributed by atoms with E-state index in [9.17, 15) is 9.18 Å². The minimum Gasteiger partial charge on any atom is -0.465 e. The number of esters is 1. The molecule has 6 rings (SSSR count). The van der Waals surface area contributed by atoms with Gasteiger partial charge in [-0.25, -0.2) is 18.3 Å². The van der Waals surface area contributed by atoms with Gasteiger partial charge in [0.05, 0.1) is 46.7 Å². The predicted molar refractivity (Wildman–Crippen MR) is 141 cm³/mol. The van der Waals surface area contributed by atoms with Crippen LogP contribution in [0.2, 0.25) is 0 Å². The summed E-state index contributed by atoms with van der Waals surface area (Å²) in [5.41, 5.74) is 5.02. The molecule has 1 aliphatic heterocycles. The van der Waals surface area contributed by atoms with Crippen LogP contribution in [0.1, 0.15) is 40.5 Å². The van der Waals surface area contributed by atoms with Crippen LogP contribution in [0.3, 0.4) is 0 Å². The van der Waals surface area contributed by atoms with Crippen molar-refractivity contribution >= 4 is 27.9 Å². The highest BCUT2D eigenvalue weighted by Gasteiger charge is 2.32. The molecule has 2 aromatic carbocycles. The number of halogens is 2. The van der Waals surface area contributed by atoms with E-state index in [-0.39, 0.29) is 11.5 Å². The molecule has 1 aliphatic rings. The first-order valence-electron chi connectivity index (χ1n) is 12.8. The van der Waals surface area contributed by atoms with Crippen LogP contribution in [-0.2, 0) is 16.5 Å². The maximum absolute atomic E-state index is 15.5. The lowest BCUT2D eigenvalue weighted by Crippen LogP contribution is -2.27. The Morgan fingerprint density at radius 1 is 1.10 bits per heavy atom. The van der Waals surface area contributed by atoms with E-state index >= 15 is 4.39 Å². The number of pyridine rings is 1. The number of nitrogens with zero attached hydrogens (tertiary/aromatic N) is 5. The Morgan fingerprint density at radius 2 is 1.90 bits per heavy atom. The van der Waals surface area contributed by atoms with Crippen LogP contribution in [0.25, 0.3) is 33.2 Å². The van der Waals surface area contributed by atoms with Gasteiger partial charge in [-0.3, -0.25) is 4.98 Å². The Bertz CT molecular complexity index is 1700. The van der Waals surface area contributed by atoms with E-state index in [0.29, 0.717) is 42.7 Å². The smallest absolute Gasteiger partial charge is 0.337 e. The molecule has 10 heteroatoms. The highest BCUT2D eigenvalue weighted by Crippen LogP contribution is 2.42. The summed E-state index contributed by atoms with van der Waals surface area (Å²) in [6.45, 7) is 2.91. The lowest BCUT2D eigenvalue weighted by Gasteiger charge is -2.33. The van der Waals surface area contributed by atoms with Crippen LogP contribution in [-0.4, -0.2) is 50.8 Å². The first-order chi connectivity index (χ1) is 18.9. The average Bonchev–Trinajstić information content (AvgIpc) is 3.46. The summed E-state index contributed by atoms with van der Waals surface area (Å²) in [7, 11) is 3.14. The van der Waals surface area contributed by atoms with Gasteiger partial charge in [-0.15, -0.1) is 5.10 Å². The van der Waals surface area contributed by atoms with Gasteiger partial charge in [0, 0.05) is 43.0 Å². The molecule has 1 fully saturated rings. The summed E-state index contributed by atoms with van der Waals surface area (Å²) in [5.74, 6) is -1.56. The van der Waals surface area contributed by atoms with Gasteiger partial charge in [-0.1, -0.05) is 5.21 Å². The zero-order chi connectivity index (χ0) is 27.3. The first-order valence-corrected chi connectivity index (χ1v) is 12.8. The summed E-state index contributed by atoms with van der Waals surface area (Å²) in [6, 6.07) is 10.2. The lowest BCUT2D eigenvalue weighted by atomic mass is 9.86. The number of ether oxygens (including phenoxy) is 2. The lowest BCUT2D eigenvalue weighted by molar-refractivity contribution is 0.0548. The molecule has 1 unspecified atom stereocenters. The number of carbonyl (C=O) groups excluding carboxylic acids is 1. The van der Waals surface area contributed by atoms with E-state index in [0.717, 1.165) is 33.9 Å². The van der Waals surface area contributed by atoms with E-state index in [2.05, 4.69) is 10.3 Å². The molecule has 3 aromatic heterocycles. The standard InChI is InChI=1S/C29H27F2N5O3/c1-16-27(35(2)34-33-16)19-13-25-26(32-15-19)21-6-4-18(29(37)38-3)12-24(21)36(25)28(17-8-10-39-11-9-17)22-14-20(30)5-7-23(22)31/h4-7,12-15,17,28H,8-11H2,1-3H3. The van der Waals surface area contributed by atoms with Gasteiger partial charge in [0.2, 0.25) is 0 Å². The van der Waals surface area contributed by atoms with Crippen LogP contribution >= 0.6 is 0 Å². The normalized spacial score (nSPS) is 15.2. The quantitative estimate of drug-likeness (QED) is 0.284. The third-order valence-electron chi connectivity index (χ3n) is 7.60. The van der Waals surface area contributed by atoms with Gasteiger partial charge in [0.15, 0.2) is 0 Å². The molecule has 0 N–H and O–H groups in total. The number of fused-ring (bicyclic) bond motifs is 3. The molecule has 0 saturated carbocycles. The molecule has 0 amide bonds. The summed E-state index contributed by atoms with van der Waals surface area (Å²) in [4.78, 5) is 17.3. The van der Waals surface area contributed by atoms with Gasteiger partial charge >= 0.3 is 5.97 Å². The highest BCUT2D eigenvalue weighted by molar-refractivity contribution is 6.08. The summed E-state index contributed by atoms with van der Waals surface area (Å²) < 4.78 is 44.4. The first kappa shape index (κ1) is 25.1. The number of aryl methyl sites for hydroxylation is 2. The average molecular weight is 532 g/mol. The van der Waals surface area contributed by atoms with Crippen molar-refractivity contribution in [2.24, 2.45) is 13.0 Å². The van der Waals surface area contributed by atoms with E-state index < -0.39 is 23.6 Å². The van der Waals surface area contributed by atoms with Crippen molar-refractivity contribution in [2.75, 3.05) is 20.3 Å². The molecule has 0 aliphatic carbocycles. The molecule has 0 spiro atoms. The monoisotopic (exact) mass is 531 g/mol. The number of hydrogen-bond acceptors (Lipinski definition) is 6. The second-order valence-corrected chi connectivity index (χ2v) is 9.89. The predicted octanol–water partition coefficient (Wildman–Crippen LogP) is 5.37. The summed E-state index contributed by atoms with van der Waals surface area (Å²) >= 11 is 0. The Kier molecular flexibility index (Phi) is 6.34. The van der Waals surface area contributed by atoms with Gasteiger partial charge in [-0.05, 0) is 68.1 Å². The molecule has 0 radical (unpaired) electrons. The van der Waals surface area contributed by atoms with Crippen molar-refractivity contribution < 1.29 is 23.0 Å². The zero-order valence-electron chi connectivity index (χ0n) is 21.8. The molecule has 39 heavy (non-hydrogen) atoms. The van der Waals surface area contributed by atoms with Crippen LogP contribution < -0.4 is 0 Å². The Balaban J connectivity index is 1.71. The molecule has 1 saturated heterocycles. The van der Waals surface area contributed by atoms with E-state index in [1.165, 1.54) is 19.2 Å². The molecule has 0 bridgehead atoms. The minimum atomic E-state index is -0.583. The number of rotatable bonds is 5. The fourth-order valence-corrected chi connectivity index (χ4v) is 5.81. The highest BCUT2D eigenvalue weighted by atomic mass is 19.1. The molecular formula is C29H27F2N5O3. The van der Waals surface area contributed by atoms with Crippen LogP contribution in [0, 0.1) is 24.5 Å². The summed E-state index contributed by atoms with van der Waals surface area (Å²) in [5, 5.41) is 9.10. The zero-order valence-corrected chi connectivity index (χ0v) is 21.8. The van der Waals surface area contributed by atoms with Crippen molar-refractivity contribution in [1.82, 2.24) is 24.5 Å². The second kappa shape index (κ2) is 9.85. The Hall–Kier alpha value is -4.18. The maximum Gasteiger partial charge on any atom is 0.337 e. The van der Waals surface area contributed by atoms with E-state index in [4.69, 9.17) is 14.5 Å². The van der Waals surface area contributed by atoms with Gasteiger partial charge in [0.25, 0.3) is 0 Å². The fourth-order valence-electron chi connectivity index (χ4n) is 5.81. The molecule has 200 valence electrons. The largest absolute Gasteiger partial charge is 0.465 e. The number of aromatic nitrogens is 5.